The normalized spacial score (nSPS) is 23.0. The fourth-order valence-corrected chi connectivity index (χ4v) is 2.10. The molecule has 4 nitrogen and oxygen atoms in total. The van der Waals surface area contributed by atoms with E-state index in [1.54, 1.807) is 0 Å². The first kappa shape index (κ1) is 14.0. The second-order valence-electron chi connectivity index (χ2n) is 4.50. The van der Waals surface area contributed by atoms with Crippen LogP contribution in [0.2, 0.25) is 0 Å². The molecule has 1 fully saturated rings. The van der Waals surface area contributed by atoms with Crippen molar-refractivity contribution in [3.63, 3.8) is 0 Å². The van der Waals surface area contributed by atoms with E-state index in [1.807, 2.05) is 37.3 Å². The van der Waals surface area contributed by atoms with Crippen LogP contribution in [0.25, 0.3) is 0 Å². The Morgan fingerprint density at radius 3 is 2.89 bits per heavy atom. The van der Waals surface area contributed by atoms with Crippen LogP contribution in [0.1, 0.15) is 38.0 Å². The molecule has 1 saturated heterocycles. The lowest BCUT2D eigenvalue weighted by Crippen LogP contribution is -2.27. The summed E-state index contributed by atoms with van der Waals surface area (Å²) >= 11 is 0. The van der Waals surface area contributed by atoms with Crippen LogP contribution in [-0.4, -0.2) is 25.3 Å². The van der Waals surface area contributed by atoms with E-state index in [0.717, 1.165) is 12.0 Å². The molecule has 2 rings (SSSR count). The molecule has 1 aromatic rings. The van der Waals surface area contributed by atoms with Gasteiger partial charge < -0.3 is 14.2 Å². The van der Waals surface area contributed by atoms with E-state index >= 15 is 0 Å². The number of hydrogen-bond donors (Lipinski definition) is 0. The van der Waals surface area contributed by atoms with E-state index in [4.69, 9.17) is 14.2 Å². The van der Waals surface area contributed by atoms with Gasteiger partial charge in [-0.1, -0.05) is 30.3 Å². The zero-order chi connectivity index (χ0) is 13.5. The van der Waals surface area contributed by atoms with Crippen molar-refractivity contribution >= 4 is 5.97 Å². The van der Waals surface area contributed by atoms with E-state index in [-0.39, 0.29) is 18.4 Å². The van der Waals surface area contributed by atoms with Gasteiger partial charge in [-0.2, -0.15) is 0 Å². The number of benzene rings is 1. The van der Waals surface area contributed by atoms with Crippen molar-refractivity contribution in [3.8, 4) is 0 Å². The van der Waals surface area contributed by atoms with Crippen LogP contribution < -0.4 is 0 Å². The molecule has 0 N–H and O–H groups in total. The topological polar surface area (TPSA) is 44.8 Å². The summed E-state index contributed by atoms with van der Waals surface area (Å²) in [6.45, 7) is 2.90. The zero-order valence-corrected chi connectivity index (χ0v) is 11.2. The predicted molar refractivity (Wildman–Crippen MR) is 70.5 cm³/mol. The van der Waals surface area contributed by atoms with E-state index in [9.17, 15) is 4.79 Å². The van der Waals surface area contributed by atoms with Crippen LogP contribution in [0.5, 0.6) is 0 Å². The summed E-state index contributed by atoms with van der Waals surface area (Å²) in [6.07, 6.45) is 1.65. The van der Waals surface area contributed by atoms with Gasteiger partial charge in [0.1, 0.15) is 0 Å². The van der Waals surface area contributed by atoms with Crippen LogP contribution >= 0.6 is 0 Å². The van der Waals surface area contributed by atoms with E-state index in [2.05, 4.69) is 0 Å². The minimum atomic E-state index is -0.317. The number of esters is 1. The van der Waals surface area contributed by atoms with Crippen molar-refractivity contribution in [2.24, 2.45) is 0 Å². The van der Waals surface area contributed by atoms with Gasteiger partial charge in [-0.05, 0) is 19.8 Å². The molecule has 0 amide bonds. The summed E-state index contributed by atoms with van der Waals surface area (Å²) in [5, 5.41) is 0. The Morgan fingerprint density at radius 1 is 1.37 bits per heavy atom. The molecule has 0 unspecified atom stereocenters. The summed E-state index contributed by atoms with van der Waals surface area (Å²) in [5.41, 5.74) is 1.02. The molecule has 1 aliphatic heterocycles. The zero-order valence-electron chi connectivity index (χ0n) is 11.2. The smallest absolute Gasteiger partial charge is 0.305 e. The van der Waals surface area contributed by atoms with Gasteiger partial charge in [0.2, 0.25) is 0 Å². The highest BCUT2D eigenvalue weighted by atomic mass is 16.7. The molecule has 0 aromatic heterocycles. The standard InChI is InChI=1S/C15H20O4/c1-2-17-14(16)9-8-13-10-11-18-15(19-13)12-6-4-3-5-7-12/h3-7,13,15H,2,8-11H2,1H3/t13-,15+/m1/s1. The Morgan fingerprint density at radius 2 is 2.16 bits per heavy atom. The maximum Gasteiger partial charge on any atom is 0.305 e. The van der Waals surface area contributed by atoms with Crippen molar-refractivity contribution in [1.82, 2.24) is 0 Å². The molecule has 1 heterocycles. The summed E-state index contributed by atoms with van der Waals surface area (Å²) < 4.78 is 16.4. The lowest BCUT2D eigenvalue weighted by atomic mass is 10.1. The van der Waals surface area contributed by atoms with Gasteiger partial charge >= 0.3 is 5.97 Å². The lowest BCUT2D eigenvalue weighted by molar-refractivity contribution is -0.219. The van der Waals surface area contributed by atoms with Crippen LogP contribution in [-0.2, 0) is 19.0 Å². The quantitative estimate of drug-likeness (QED) is 0.767. The van der Waals surface area contributed by atoms with E-state index in [0.29, 0.717) is 26.1 Å². The van der Waals surface area contributed by atoms with Gasteiger partial charge in [0.05, 0.1) is 19.3 Å². The molecule has 4 heteroatoms. The average molecular weight is 264 g/mol. The summed E-state index contributed by atoms with van der Waals surface area (Å²) in [6, 6.07) is 9.86. The number of carbonyl (C=O) groups excluding carboxylic acids is 1. The minimum absolute atomic E-state index is 0.0587. The molecule has 104 valence electrons. The van der Waals surface area contributed by atoms with Gasteiger partial charge in [0, 0.05) is 12.0 Å². The molecule has 0 bridgehead atoms. The molecule has 0 aliphatic carbocycles. The van der Waals surface area contributed by atoms with Crippen molar-refractivity contribution in [1.29, 1.82) is 0 Å². The molecule has 0 spiro atoms. The Labute approximate surface area is 113 Å². The third-order valence-corrected chi connectivity index (χ3v) is 3.07. The molecule has 0 saturated carbocycles. The highest BCUT2D eigenvalue weighted by molar-refractivity contribution is 5.69. The Hall–Kier alpha value is -1.39. The van der Waals surface area contributed by atoms with Gasteiger partial charge in [-0.25, -0.2) is 0 Å². The Balaban J connectivity index is 1.82. The summed E-state index contributed by atoms with van der Waals surface area (Å²) in [4.78, 5) is 11.3. The largest absolute Gasteiger partial charge is 0.466 e. The van der Waals surface area contributed by atoms with E-state index < -0.39 is 0 Å². The second-order valence-corrected chi connectivity index (χ2v) is 4.50. The molecule has 1 aromatic carbocycles. The number of carbonyl (C=O) groups is 1. The SMILES string of the molecule is CCOC(=O)CC[C@@H]1CCO[C@H](c2ccccc2)O1. The molecule has 2 atom stereocenters. The second kappa shape index (κ2) is 7.26. The molecular formula is C15H20O4. The highest BCUT2D eigenvalue weighted by Gasteiger charge is 2.24. The number of ether oxygens (including phenoxy) is 3. The number of rotatable bonds is 5. The average Bonchev–Trinajstić information content (AvgIpc) is 2.47. The van der Waals surface area contributed by atoms with Gasteiger partial charge in [-0.15, -0.1) is 0 Å². The van der Waals surface area contributed by atoms with Crippen LogP contribution in [0.15, 0.2) is 30.3 Å². The van der Waals surface area contributed by atoms with E-state index in [1.165, 1.54) is 0 Å². The van der Waals surface area contributed by atoms with Gasteiger partial charge in [-0.3, -0.25) is 4.79 Å². The first-order valence-corrected chi connectivity index (χ1v) is 6.77. The van der Waals surface area contributed by atoms with Crippen LogP contribution in [0.4, 0.5) is 0 Å². The van der Waals surface area contributed by atoms with Crippen molar-refractivity contribution < 1.29 is 19.0 Å². The Bertz CT molecular complexity index is 390. The summed E-state index contributed by atoms with van der Waals surface area (Å²) in [7, 11) is 0. The fourth-order valence-electron chi connectivity index (χ4n) is 2.10. The van der Waals surface area contributed by atoms with Gasteiger partial charge in [0.15, 0.2) is 6.29 Å². The molecule has 1 aliphatic rings. The monoisotopic (exact) mass is 264 g/mol. The first-order valence-electron chi connectivity index (χ1n) is 6.77. The first-order chi connectivity index (χ1) is 9.29. The number of hydrogen-bond acceptors (Lipinski definition) is 4. The van der Waals surface area contributed by atoms with Crippen molar-refractivity contribution in [2.45, 2.75) is 38.6 Å². The maximum atomic E-state index is 11.3. The summed E-state index contributed by atoms with van der Waals surface area (Å²) in [5.74, 6) is -0.158. The lowest BCUT2D eigenvalue weighted by Gasteiger charge is -2.30. The van der Waals surface area contributed by atoms with Gasteiger partial charge in [0.25, 0.3) is 0 Å². The van der Waals surface area contributed by atoms with Crippen molar-refractivity contribution in [3.05, 3.63) is 35.9 Å². The third kappa shape index (κ3) is 4.33. The molecular weight excluding hydrogens is 244 g/mol. The molecule has 0 radical (unpaired) electrons. The van der Waals surface area contributed by atoms with Crippen molar-refractivity contribution in [2.75, 3.05) is 13.2 Å². The van der Waals surface area contributed by atoms with Crippen LogP contribution in [0, 0.1) is 0 Å². The fraction of sp³-hybridized carbons (Fsp3) is 0.533. The Kier molecular flexibility index (Phi) is 5.36. The molecule has 19 heavy (non-hydrogen) atoms. The predicted octanol–water partition coefficient (Wildman–Crippen LogP) is 2.83. The highest BCUT2D eigenvalue weighted by Crippen LogP contribution is 2.27. The van der Waals surface area contributed by atoms with Crippen LogP contribution in [0.3, 0.4) is 0 Å². The third-order valence-electron chi connectivity index (χ3n) is 3.07. The maximum absolute atomic E-state index is 11.3. The minimum Gasteiger partial charge on any atom is -0.466 e.